The molecule has 0 saturated carbocycles. The van der Waals surface area contributed by atoms with Crippen LogP contribution in [0.25, 0.3) is 0 Å². The van der Waals surface area contributed by atoms with Crippen LogP contribution in [0, 0.1) is 0 Å². The minimum Gasteiger partial charge on any atom is -0.402 e. The van der Waals surface area contributed by atoms with Crippen LogP contribution in [0.15, 0.2) is 23.1 Å². The Morgan fingerprint density at radius 2 is 1.83 bits per heavy atom. The van der Waals surface area contributed by atoms with Gasteiger partial charge in [-0.2, -0.15) is 0 Å². The summed E-state index contributed by atoms with van der Waals surface area (Å²) < 4.78 is 21.5. The van der Waals surface area contributed by atoms with Crippen molar-refractivity contribution in [1.29, 1.82) is 0 Å². The van der Waals surface area contributed by atoms with E-state index in [1.165, 1.54) is 55.9 Å². The van der Waals surface area contributed by atoms with E-state index in [2.05, 4.69) is 10.9 Å². The monoisotopic (exact) mass is 378 g/mol. The predicted octanol–water partition coefficient (Wildman–Crippen LogP) is 6.09. The van der Waals surface area contributed by atoms with E-state index in [9.17, 15) is 9.46 Å². The molecule has 1 aromatic carbocycles. The summed E-state index contributed by atoms with van der Waals surface area (Å²) in [5.41, 5.74) is 1.23. The summed E-state index contributed by atoms with van der Waals surface area (Å²) in [4.78, 5) is 10.4. The largest absolute Gasteiger partial charge is 0.538 e. The first kappa shape index (κ1) is 20.9. The average Bonchev–Trinajstić information content (AvgIpc) is 2.51. The predicted molar refractivity (Wildman–Crippen MR) is 100 cm³/mol. The number of phosphoric ester groups is 1. The van der Waals surface area contributed by atoms with E-state index in [0.717, 1.165) is 23.4 Å². The molecule has 4 nitrogen and oxygen atoms in total. The highest BCUT2D eigenvalue weighted by atomic mass is 32.2. The highest BCUT2D eigenvalue weighted by molar-refractivity contribution is 7.98. The molecular formula is C16H27O4PS2. The Balaban J connectivity index is 2.57. The van der Waals surface area contributed by atoms with Crippen LogP contribution in [0.2, 0.25) is 0 Å². The summed E-state index contributed by atoms with van der Waals surface area (Å²) in [6.07, 6.45) is 12.2. The minimum absolute atomic E-state index is 0.393. The lowest BCUT2D eigenvalue weighted by molar-refractivity contribution is 0.304. The normalized spacial score (nSPS) is 13.7. The molecule has 1 atom stereocenters. The van der Waals surface area contributed by atoms with Crippen LogP contribution in [0.5, 0.6) is 5.75 Å². The third-order valence-corrected chi connectivity index (χ3v) is 5.97. The SMILES string of the molecule is CCCCCCCCc1ccc(OP(=O)(O)OSC)c(SC)c1. The van der Waals surface area contributed by atoms with Crippen molar-refractivity contribution >= 4 is 31.6 Å². The van der Waals surface area contributed by atoms with Crippen molar-refractivity contribution in [3.63, 3.8) is 0 Å². The van der Waals surface area contributed by atoms with Crippen molar-refractivity contribution < 1.29 is 18.0 Å². The number of benzene rings is 1. The zero-order valence-corrected chi connectivity index (χ0v) is 16.6. The van der Waals surface area contributed by atoms with Gasteiger partial charge in [0.1, 0.15) is 5.75 Å². The summed E-state index contributed by atoms with van der Waals surface area (Å²) >= 11 is 2.32. The summed E-state index contributed by atoms with van der Waals surface area (Å²) in [6, 6.07) is 5.75. The second-order valence-electron chi connectivity index (χ2n) is 5.30. The van der Waals surface area contributed by atoms with Gasteiger partial charge in [0.15, 0.2) is 0 Å². The topological polar surface area (TPSA) is 55.8 Å². The molecule has 0 aliphatic carbocycles. The standard InChI is InChI=1S/C16H27O4PS2/c1-4-5-6-7-8-9-10-14-11-12-15(16(13-14)22-2)19-21(17,18)20-23-3/h11-13H,4-10H2,1-3H3,(H,17,18). The number of thioether (sulfide) groups is 1. The number of hydrogen-bond acceptors (Lipinski definition) is 5. The second-order valence-corrected chi connectivity index (χ2v) is 8.20. The summed E-state index contributed by atoms with van der Waals surface area (Å²) in [5.74, 6) is 0.393. The van der Waals surface area contributed by atoms with E-state index in [-0.39, 0.29) is 0 Å². The van der Waals surface area contributed by atoms with Crippen molar-refractivity contribution in [1.82, 2.24) is 0 Å². The molecule has 0 spiro atoms. The lowest BCUT2D eigenvalue weighted by atomic mass is 10.0. The van der Waals surface area contributed by atoms with Crippen LogP contribution in [0.4, 0.5) is 0 Å². The molecule has 1 aromatic rings. The van der Waals surface area contributed by atoms with E-state index in [1.54, 1.807) is 12.3 Å². The van der Waals surface area contributed by atoms with Crippen LogP contribution in [0.1, 0.15) is 51.0 Å². The molecule has 23 heavy (non-hydrogen) atoms. The molecule has 0 bridgehead atoms. The molecule has 1 N–H and O–H groups in total. The van der Waals surface area contributed by atoms with Gasteiger partial charge >= 0.3 is 7.82 Å². The van der Waals surface area contributed by atoms with E-state index >= 15 is 0 Å². The Bertz CT molecular complexity index is 511. The molecule has 1 rings (SSSR count). The smallest absolute Gasteiger partial charge is 0.402 e. The highest BCUT2D eigenvalue weighted by Gasteiger charge is 2.24. The fraction of sp³-hybridized carbons (Fsp3) is 0.625. The van der Waals surface area contributed by atoms with Gasteiger partial charge in [-0.1, -0.05) is 45.1 Å². The average molecular weight is 378 g/mol. The second kappa shape index (κ2) is 11.4. The summed E-state index contributed by atoms with van der Waals surface area (Å²) in [6.45, 7) is 2.23. The third-order valence-electron chi connectivity index (χ3n) is 3.43. The Labute approximate surface area is 148 Å². The molecule has 132 valence electrons. The van der Waals surface area contributed by atoms with Gasteiger partial charge in [0, 0.05) is 23.2 Å². The van der Waals surface area contributed by atoms with Gasteiger partial charge in [0.25, 0.3) is 0 Å². The Hall–Kier alpha value is -0.130. The molecular weight excluding hydrogens is 351 g/mol. The summed E-state index contributed by atoms with van der Waals surface area (Å²) in [7, 11) is -4.06. The van der Waals surface area contributed by atoms with Crippen LogP contribution in [-0.2, 0) is 15.0 Å². The zero-order valence-electron chi connectivity index (χ0n) is 14.1. The molecule has 0 fully saturated rings. The molecule has 7 heteroatoms. The summed E-state index contributed by atoms with van der Waals surface area (Å²) in [5, 5.41) is 0. The Morgan fingerprint density at radius 1 is 1.13 bits per heavy atom. The van der Waals surface area contributed by atoms with Gasteiger partial charge in [-0.25, -0.2) is 8.54 Å². The molecule has 0 aliphatic heterocycles. The van der Waals surface area contributed by atoms with Crippen molar-refractivity contribution in [2.75, 3.05) is 12.5 Å². The van der Waals surface area contributed by atoms with E-state index < -0.39 is 7.82 Å². The lowest BCUT2D eigenvalue weighted by Crippen LogP contribution is -1.95. The van der Waals surface area contributed by atoms with Gasteiger partial charge in [-0.15, -0.1) is 11.8 Å². The fourth-order valence-corrected chi connectivity index (χ4v) is 4.21. The van der Waals surface area contributed by atoms with Crippen LogP contribution < -0.4 is 4.52 Å². The lowest BCUT2D eigenvalue weighted by Gasteiger charge is -2.14. The zero-order chi connectivity index (χ0) is 17.1. The van der Waals surface area contributed by atoms with E-state index in [4.69, 9.17) is 4.52 Å². The molecule has 0 heterocycles. The number of phosphoric acid groups is 1. The van der Waals surface area contributed by atoms with E-state index in [0.29, 0.717) is 5.75 Å². The van der Waals surface area contributed by atoms with Crippen LogP contribution in [-0.4, -0.2) is 17.4 Å². The van der Waals surface area contributed by atoms with Crippen molar-refractivity contribution in [2.45, 2.75) is 56.8 Å². The van der Waals surface area contributed by atoms with E-state index in [1.807, 2.05) is 18.4 Å². The molecule has 0 aliphatic rings. The number of unbranched alkanes of at least 4 members (excludes halogenated alkanes) is 5. The quantitative estimate of drug-likeness (QED) is 0.206. The maximum atomic E-state index is 11.7. The van der Waals surface area contributed by atoms with Crippen molar-refractivity contribution in [3.8, 4) is 5.75 Å². The van der Waals surface area contributed by atoms with Crippen molar-refractivity contribution in [3.05, 3.63) is 23.8 Å². The molecule has 0 aromatic heterocycles. The number of rotatable bonds is 12. The maximum absolute atomic E-state index is 11.7. The van der Waals surface area contributed by atoms with Gasteiger partial charge < -0.3 is 4.52 Å². The van der Waals surface area contributed by atoms with Gasteiger partial charge in [0.05, 0.1) is 0 Å². The van der Waals surface area contributed by atoms with Gasteiger partial charge in [-0.3, -0.25) is 4.89 Å². The maximum Gasteiger partial charge on any atom is 0.538 e. The molecule has 0 amide bonds. The number of hydrogen-bond donors (Lipinski definition) is 1. The first-order valence-electron chi connectivity index (χ1n) is 7.94. The van der Waals surface area contributed by atoms with Gasteiger partial charge in [0.2, 0.25) is 0 Å². The number of aryl methyl sites for hydroxylation is 1. The van der Waals surface area contributed by atoms with Crippen LogP contribution in [0.3, 0.4) is 0 Å². The van der Waals surface area contributed by atoms with Gasteiger partial charge in [-0.05, 0) is 36.8 Å². The molecule has 0 radical (unpaired) electrons. The fourth-order valence-electron chi connectivity index (χ4n) is 2.29. The first-order chi connectivity index (χ1) is 11.0. The Kier molecular flexibility index (Phi) is 10.4. The van der Waals surface area contributed by atoms with Crippen LogP contribution >= 0.6 is 31.6 Å². The third kappa shape index (κ3) is 8.50. The molecule has 1 unspecified atom stereocenters. The molecule has 0 saturated heterocycles. The first-order valence-corrected chi connectivity index (χ1v) is 11.8. The Morgan fingerprint density at radius 3 is 2.48 bits per heavy atom. The highest BCUT2D eigenvalue weighted by Crippen LogP contribution is 2.48. The minimum atomic E-state index is -4.06. The van der Waals surface area contributed by atoms with Crippen molar-refractivity contribution in [2.24, 2.45) is 0 Å².